The second kappa shape index (κ2) is 7.90. The summed E-state index contributed by atoms with van der Waals surface area (Å²) in [6.07, 6.45) is 4.16. The second-order valence-electron chi connectivity index (χ2n) is 4.51. The number of carbonyl (C=O) groups excluding carboxylic acids is 1. The molecular weight excluding hydrogens is 264 g/mol. The molecule has 0 aromatic heterocycles. The predicted molar refractivity (Wildman–Crippen MR) is 84.1 cm³/mol. The molecule has 0 radical (unpaired) electrons. The largest absolute Gasteiger partial charge is 0.513 e. The molecule has 2 aromatic carbocycles. The number of hydrogen-bond acceptors (Lipinski definition) is 3. The van der Waals surface area contributed by atoms with Crippen LogP contribution in [0.3, 0.4) is 0 Å². The molecule has 0 aliphatic carbocycles. The molecule has 2 rings (SSSR count). The van der Waals surface area contributed by atoms with Gasteiger partial charge in [0, 0.05) is 0 Å². The van der Waals surface area contributed by atoms with E-state index in [9.17, 15) is 4.79 Å². The Bertz CT molecular complexity index is 586. The van der Waals surface area contributed by atoms with Gasteiger partial charge in [0.15, 0.2) is 0 Å². The Balaban J connectivity index is 1.93. The summed E-state index contributed by atoms with van der Waals surface area (Å²) in [5.74, 6) is 0.480. The lowest BCUT2D eigenvalue weighted by atomic mass is 10.1. The van der Waals surface area contributed by atoms with Crippen LogP contribution in [0.1, 0.15) is 24.5 Å². The number of rotatable bonds is 5. The first-order valence-corrected chi connectivity index (χ1v) is 6.96. The SMILES string of the molecule is CCCOC(=O)Oc1ccc(C=Cc2ccccc2)cc1. The molecule has 21 heavy (non-hydrogen) atoms. The van der Waals surface area contributed by atoms with E-state index in [2.05, 4.69) is 0 Å². The Hall–Kier alpha value is -2.55. The van der Waals surface area contributed by atoms with Crippen molar-refractivity contribution >= 4 is 18.3 Å². The lowest BCUT2D eigenvalue weighted by Gasteiger charge is -2.04. The summed E-state index contributed by atoms with van der Waals surface area (Å²) < 4.78 is 9.90. The monoisotopic (exact) mass is 282 g/mol. The Kier molecular flexibility index (Phi) is 5.59. The van der Waals surface area contributed by atoms with Gasteiger partial charge < -0.3 is 9.47 Å². The summed E-state index contributed by atoms with van der Waals surface area (Å²) in [6.45, 7) is 2.30. The molecule has 0 amide bonds. The number of hydrogen-bond donors (Lipinski definition) is 0. The molecule has 0 aliphatic heterocycles. The van der Waals surface area contributed by atoms with E-state index >= 15 is 0 Å². The van der Waals surface area contributed by atoms with Gasteiger partial charge in [-0.2, -0.15) is 0 Å². The van der Waals surface area contributed by atoms with Crippen molar-refractivity contribution in [3.05, 3.63) is 65.7 Å². The summed E-state index contributed by atoms with van der Waals surface area (Å²) in [7, 11) is 0. The van der Waals surface area contributed by atoms with Gasteiger partial charge in [0.2, 0.25) is 0 Å². The lowest BCUT2D eigenvalue weighted by Crippen LogP contribution is -2.10. The maximum absolute atomic E-state index is 11.3. The van der Waals surface area contributed by atoms with Crippen LogP contribution in [0, 0.1) is 0 Å². The smallest absolute Gasteiger partial charge is 0.434 e. The maximum Gasteiger partial charge on any atom is 0.513 e. The molecule has 3 nitrogen and oxygen atoms in total. The fourth-order valence-electron chi connectivity index (χ4n) is 1.71. The molecule has 2 aromatic rings. The summed E-state index contributed by atoms with van der Waals surface area (Å²) in [4.78, 5) is 11.3. The third kappa shape index (κ3) is 5.15. The van der Waals surface area contributed by atoms with Crippen molar-refractivity contribution in [3.8, 4) is 5.75 Å². The van der Waals surface area contributed by atoms with Gasteiger partial charge >= 0.3 is 6.16 Å². The van der Waals surface area contributed by atoms with E-state index < -0.39 is 6.16 Å². The van der Waals surface area contributed by atoms with Crippen LogP contribution >= 0.6 is 0 Å². The topological polar surface area (TPSA) is 35.5 Å². The number of benzene rings is 2. The average Bonchev–Trinajstić information content (AvgIpc) is 2.53. The van der Waals surface area contributed by atoms with Gasteiger partial charge in [-0.25, -0.2) is 4.79 Å². The van der Waals surface area contributed by atoms with Crippen molar-refractivity contribution in [2.45, 2.75) is 13.3 Å². The zero-order valence-electron chi connectivity index (χ0n) is 12.0. The highest BCUT2D eigenvalue weighted by Crippen LogP contribution is 2.15. The molecule has 0 heterocycles. The van der Waals surface area contributed by atoms with Gasteiger partial charge in [-0.15, -0.1) is 0 Å². The van der Waals surface area contributed by atoms with Gasteiger partial charge in [-0.05, 0) is 29.7 Å². The van der Waals surface area contributed by atoms with Crippen LogP contribution in [0.25, 0.3) is 12.2 Å². The Labute approximate surface area is 124 Å². The van der Waals surface area contributed by atoms with Crippen LogP contribution in [0.5, 0.6) is 5.75 Å². The first kappa shape index (κ1) is 14.9. The third-order valence-corrected chi connectivity index (χ3v) is 2.77. The lowest BCUT2D eigenvalue weighted by molar-refractivity contribution is 0.0992. The van der Waals surface area contributed by atoms with E-state index in [4.69, 9.17) is 9.47 Å². The van der Waals surface area contributed by atoms with Crippen molar-refractivity contribution in [2.75, 3.05) is 6.61 Å². The zero-order chi connectivity index (χ0) is 14.9. The van der Waals surface area contributed by atoms with Gasteiger partial charge in [-0.1, -0.05) is 61.5 Å². The third-order valence-electron chi connectivity index (χ3n) is 2.77. The minimum absolute atomic E-state index is 0.372. The van der Waals surface area contributed by atoms with E-state index in [0.717, 1.165) is 17.5 Å². The maximum atomic E-state index is 11.3. The van der Waals surface area contributed by atoms with Gasteiger partial charge in [0.05, 0.1) is 6.61 Å². The van der Waals surface area contributed by atoms with Gasteiger partial charge in [-0.3, -0.25) is 0 Å². The van der Waals surface area contributed by atoms with Crippen LogP contribution in [0.15, 0.2) is 54.6 Å². The molecule has 0 saturated heterocycles. The van der Waals surface area contributed by atoms with Crippen LogP contribution in [-0.2, 0) is 4.74 Å². The molecular formula is C18H18O3. The zero-order valence-corrected chi connectivity index (χ0v) is 12.0. The van der Waals surface area contributed by atoms with E-state index in [1.165, 1.54) is 0 Å². The highest BCUT2D eigenvalue weighted by molar-refractivity contribution is 5.70. The van der Waals surface area contributed by atoms with Crippen molar-refractivity contribution in [2.24, 2.45) is 0 Å². The van der Waals surface area contributed by atoms with Gasteiger partial charge in [0.1, 0.15) is 5.75 Å². The first-order chi connectivity index (χ1) is 10.3. The normalized spacial score (nSPS) is 10.5. The van der Waals surface area contributed by atoms with Gasteiger partial charge in [0.25, 0.3) is 0 Å². The molecule has 0 N–H and O–H groups in total. The Morgan fingerprint density at radius 2 is 1.57 bits per heavy atom. The minimum atomic E-state index is -0.663. The fourth-order valence-corrected chi connectivity index (χ4v) is 1.71. The molecule has 0 atom stereocenters. The van der Waals surface area contributed by atoms with Crippen LogP contribution in [0.4, 0.5) is 4.79 Å². The summed E-state index contributed by atoms with van der Waals surface area (Å²) >= 11 is 0. The standard InChI is InChI=1S/C18H18O3/c1-2-14-20-18(19)21-17-12-10-16(11-13-17)9-8-15-6-4-3-5-7-15/h3-13H,2,14H2,1H3. The van der Waals surface area contributed by atoms with Crippen molar-refractivity contribution in [3.63, 3.8) is 0 Å². The summed E-state index contributed by atoms with van der Waals surface area (Å²) in [5, 5.41) is 0. The Morgan fingerprint density at radius 3 is 2.19 bits per heavy atom. The highest BCUT2D eigenvalue weighted by atomic mass is 16.7. The molecule has 108 valence electrons. The summed E-state index contributed by atoms with van der Waals surface area (Å²) in [5.41, 5.74) is 2.18. The quantitative estimate of drug-likeness (QED) is 0.449. The predicted octanol–water partition coefficient (Wildman–Crippen LogP) is 4.78. The van der Waals surface area contributed by atoms with Crippen LogP contribution < -0.4 is 4.74 Å². The highest BCUT2D eigenvalue weighted by Gasteiger charge is 2.04. The second-order valence-corrected chi connectivity index (χ2v) is 4.51. The fraction of sp³-hybridized carbons (Fsp3) is 0.167. The number of ether oxygens (including phenoxy) is 2. The van der Waals surface area contributed by atoms with E-state index in [1.54, 1.807) is 12.1 Å². The molecule has 0 spiro atoms. The molecule has 0 unspecified atom stereocenters. The van der Waals surface area contributed by atoms with Crippen LogP contribution in [0.2, 0.25) is 0 Å². The Morgan fingerprint density at radius 1 is 0.952 bits per heavy atom. The van der Waals surface area contributed by atoms with Crippen molar-refractivity contribution in [1.82, 2.24) is 0 Å². The van der Waals surface area contributed by atoms with Crippen molar-refractivity contribution in [1.29, 1.82) is 0 Å². The molecule has 0 saturated carbocycles. The summed E-state index contributed by atoms with van der Waals surface area (Å²) in [6, 6.07) is 17.3. The van der Waals surface area contributed by atoms with Crippen LogP contribution in [-0.4, -0.2) is 12.8 Å². The van der Waals surface area contributed by atoms with E-state index in [0.29, 0.717) is 12.4 Å². The molecule has 0 fully saturated rings. The van der Waals surface area contributed by atoms with E-state index in [1.807, 2.05) is 61.5 Å². The minimum Gasteiger partial charge on any atom is -0.434 e. The van der Waals surface area contributed by atoms with Crippen molar-refractivity contribution < 1.29 is 14.3 Å². The van der Waals surface area contributed by atoms with E-state index in [-0.39, 0.29) is 0 Å². The number of carbonyl (C=O) groups is 1. The molecule has 0 aliphatic rings. The molecule has 3 heteroatoms. The average molecular weight is 282 g/mol. The first-order valence-electron chi connectivity index (χ1n) is 6.96. The molecule has 0 bridgehead atoms.